The highest BCUT2D eigenvalue weighted by molar-refractivity contribution is 7.86. The molecule has 1 atom stereocenters. The highest BCUT2D eigenvalue weighted by Gasteiger charge is 2.36. The van der Waals surface area contributed by atoms with Crippen molar-refractivity contribution in [2.75, 3.05) is 15.6 Å². The molecule has 1 amide bonds. The number of benzene rings is 3. The van der Waals surface area contributed by atoms with Gasteiger partial charge in [-0.05, 0) is 73.1 Å². The molecule has 0 radical (unpaired) electrons. The van der Waals surface area contributed by atoms with Gasteiger partial charge < -0.3 is 10.6 Å². The second-order valence-corrected chi connectivity index (χ2v) is 15.2. The Labute approximate surface area is 297 Å². The van der Waals surface area contributed by atoms with Crippen LogP contribution >= 0.6 is 34.8 Å². The van der Waals surface area contributed by atoms with Crippen LogP contribution < -0.4 is 15.6 Å². The summed E-state index contributed by atoms with van der Waals surface area (Å²) in [6.45, 7) is 1.39. The number of nitrogens with one attached hydrogen (secondary N) is 2. The van der Waals surface area contributed by atoms with Crippen LogP contribution in [0, 0.1) is 0 Å². The van der Waals surface area contributed by atoms with E-state index in [1.807, 2.05) is 0 Å². The minimum atomic E-state index is -4.87. The molecule has 1 aliphatic rings. The van der Waals surface area contributed by atoms with E-state index in [0.717, 1.165) is 41.4 Å². The molecule has 4 aromatic rings. The van der Waals surface area contributed by atoms with E-state index in [1.165, 1.54) is 25.1 Å². The van der Waals surface area contributed by atoms with Gasteiger partial charge in [0.25, 0.3) is 36.3 Å². The number of hydrazone groups is 1. The van der Waals surface area contributed by atoms with Gasteiger partial charge in [0.1, 0.15) is 15.5 Å². The maximum absolute atomic E-state index is 13.3. The highest BCUT2D eigenvalue weighted by Crippen LogP contribution is 2.37. The van der Waals surface area contributed by atoms with Crippen molar-refractivity contribution in [1.82, 2.24) is 15.0 Å². The van der Waals surface area contributed by atoms with E-state index in [-0.39, 0.29) is 44.2 Å². The van der Waals surface area contributed by atoms with Crippen molar-refractivity contribution in [3.8, 4) is 0 Å². The van der Waals surface area contributed by atoms with Gasteiger partial charge in [-0.25, -0.2) is 0 Å². The second kappa shape index (κ2) is 13.7. The third-order valence-corrected chi connectivity index (χ3v) is 9.95. The van der Waals surface area contributed by atoms with E-state index in [4.69, 9.17) is 39.4 Å². The fourth-order valence-corrected chi connectivity index (χ4v) is 6.76. The molecule has 262 valence electrons. The Kier molecular flexibility index (Phi) is 10.1. The number of carbonyl (C=O) groups is 1. The van der Waals surface area contributed by atoms with E-state index in [2.05, 4.69) is 40.9 Å². The average molecular weight is 807 g/mol. The van der Waals surface area contributed by atoms with E-state index in [1.54, 1.807) is 0 Å². The maximum Gasteiger partial charge on any atom is 0.296 e. The lowest BCUT2D eigenvalue weighted by Crippen LogP contribution is -2.30. The summed E-state index contributed by atoms with van der Waals surface area (Å²) in [6, 6.07) is 8.61. The predicted octanol–water partition coefficient (Wildman–Crippen LogP) is 4.93. The molecule has 1 aromatic heterocycles. The minimum absolute atomic E-state index is 0.0555. The molecular weight excluding hydrogens is 789 g/mol. The number of halogens is 3. The van der Waals surface area contributed by atoms with Crippen LogP contribution in [-0.4, -0.2) is 71.5 Å². The largest absolute Gasteiger partial charge is 0.324 e. The number of azo groups is 1. The van der Waals surface area contributed by atoms with E-state index in [9.17, 15) is 39.2 Å². The van der Waals surface area contributed by atoms with Gasteiger partial charge >= 0.3 is 0 Å². The van der Waals surface area contributed by atoms with Gasteiger partial charge in [-0.3, -0.25) is 18.5 Å². The van der Waals surface area contributed by atoms with Crippen molar-refractivity contribution < 1.29 is 43.7 Å². The highest BCUT2D eigenvalue weighted by atomic mass is 35.5. The molecule has 1 aliphatic heterocycles. The fourth-order valence-electron chi connectivity index (χ4n) is 4.18. The first kappa shape index (κ1) is 36.9. The summed E-state index contributed by atoms with van der Waals surface area (Å²) >= 11 is 18.2. The van der Waals surface area contributed by atoms with Crippen LogP contribution in [0.25, 0.3) is 0 Å². The lowest BCUT2D eigenvalue weighted by Gasteiger charge is -2.15. The lowest BCUT2D eigenvalue weighted by atomic mass is 10.2. The summed E-state index contributed by atoms with van der Waals surface area (Å²) in [5, 5.41) is 17.1. The quantitative estimate of drug-likeness (QED) is 0.105. The standard InChI is InChI=1S/C25H18Cl3N9O10S3/c1-11-21(22(38)37(36-11)18-9-16(27)20(10-15(18)26)50(45,46)47)35-34-17-8-13(4-7-19(17)49(42,43)44)30-25-32-23(28)31-24(33-25)29-12-2-5-14(6-3-12)48(39,40)41/h2-10,21H,1H3,(H,39,40,41)(H,42,43,44)(H,45,46,47)(H2,29,30,31,32,33). The van der Waals surface area contributed by atoms with Crippen molar-refractivity contribution in [2.24, 2.45) is 15.3 Å². The number of aromatic nitrogens is 3. The number of hydrogen-bond acceptors (Lipinski definition) is 15. The molecule has 5 rings (SSSR count). The van der Waals surface area contributed by atoms with Crippen molar-refractivity contribution in [3.05, 3.63) is 69.9 Å². The molecule has 0 spiro atoms. The van der Waals surface area contributed by atoms with Crippen LogP contribution in [0.4, 0.5) is 34.6 Å². The molecule has 5 N–H and O–H groups in total. The van der Waals surface area contributed by atoms with Gasteiger partial charge in [0.2, 0.25) is 17.2 Å². The zero-order valence-electron chi connectivity index (χ0n) is 24.5. The van der Waals surface area contributed by atoms with Crippen molar-refractivity contribution in [3.63, 3.8) is 0 Å². The van der Waals surface area contributed by atoms with Gasteiger partial charge in [0.05, 0.1) is 26.3 Å². The van der Waals surface area contributed by atoms with Crippen LogP contribution in [0.2, 0.25) is 15.3 Å². The molecule has 2 heterocycles. The van der Waals surface area contributed by atoms with Gasteiger partial charge in [0, 0.05) is 11.4 Å². The Bertz CT molecular complexity index is 2450. The molecule has 50 heavy (non-hydrogen) atoms. The zero-order chi connectivity index (χ0) is 36.8. The molecule has 3 aromatic carbocycles. The summed E-state index contributed by atoms with van der Waals surface area (Å²) in [7, 11) is -14.0. The topological polar surface area (TPSA) is 283 Å². The number of anilines is 5. The molecule has 0 bridgehead atoms. The molecular formula is C25H18Cl3N9O10S3. The summed E-state index contributed by atoms with van der Waals surface area (Å²) in [4.78, 5) is 23.5. The summed E-state index contributed by atoms with van der Waals surface area (Å²) in [5.41, 5.74) is -0.129. The monoisotopic (exact) mass is 805 g/mol. The first-order valence-corrected chi connectivity index (χ1v) is 18.6. The van der Waals surface area contributed by atoms with E-state index < -0.39 is 62.8 Å². The fraction of sp³-hybridized carbons (Fsp3) is 0.0800. The third kappa shape index (κ3) is 8.31. The lowest BCUT2D eigenvalue weighted by molar-refractivity contribution is -0.117. The number of nitrogens with zero attached hydrogens (tertiary/aromatic N) is 7. The first-order chi connectivity index (χ1) is 23.2. The molecule has 0 saturated carbocycles. The Morgan fingerprint density at radius 2 is 1.32 bits per heavy atom. The number of hydrogen-bond donors (Lipinski definition) is 5. The Morgan fingerprint density at radius 1 is 0.740 bits per heavy atom. The smallest absolute Gasteiger partial charge is 0.296 e. The maximum atomic E-state index is 13.3. The van der Waals surface area contributed by atoms with Crippen LogP contribution in [0.3, 0.4) is 0 Å². The number of carbonyl (C=O) groups excluding carboxylic acids is 1. The van der Waals surface area contributed by atoms with Gasteiger partial charge in [-0.1, -0.05) is 23.2 Å². The minimum Gasteiger partial charge on any atom is -0.324 e. The van der Waals surface area contributed by atoms with Crippen molar-refractivity contribution in [2.45, 2.75) is 27.7 Å². The molecule has 0 fully saturated rings. The number of rotatable bonds is 10. The summed E-state index contributed by atoms with van der Waals surface area (Å²) in [6.07, 6.45) is 0. The van der Waals surface area contributed by atoms with Gasteiger partial charge in [-0.2, -0.15) is 60.5 Å². The Balaban J connectivity index is 1.41. The SMILES string of the molecule is CC1=NN(c2cc(Cl)c(S(=O)(=O)O)cc2Cl)C(=O)C1N=Nc1cc(Nc2nc(Cl)nc(Nc3ccc(S(=O)(=O)O)cc3)n2)ccc1S(=O)(=O)O. The molecule has 25 heteroatoms. The van der Waals surface area contributed by atoms with E-state index >= 15 is 0 Å². The van der Waals surface area contributed by atoms with Gasteiger partial charge in [0.15, 0.2) is 6.04 Å². The van der Waals surface area contributed by atoms with Crippen LogP contribution in [0.1, 0.15) is 6.92 Å². The zero-order valence-corrected chi connectivity index (χ0v) is 29.2. The third-order valence-electron chi connectivity index (χ3n) is 6.39. The van der Waals surface area contributed by atoms with E-state index in [0.29, 0.717) is 5.69 Å². The van der Waals surface area contributed by atoms with Crippen molar-refractivity contribution in [1.29, 1.82) is 0 Å². The molecule has 1 unspecified atom stereocenters. The Hall–Kier alpha value is -4.39. The molecule has 19 nitrogen and oxygen atoms in total. The number of amides is 1. The van der Waals surface area contributed by atoms with Crippen molar-refractivity contribution >= 4 is 111 Å². The van der Waals surface area contributed by atoms with Crippen LogP contribution in [-0.2, 0) is 35.1 Å². The summed E-state index contributed by atoms with van der Waals surface area (Å²) in [5.74, 6) is -1.11. The first-order valence-electron chi connectivity index (χ1n) is 13.1. The normalized spacial score (nSPS) is 15.4. The molecule has 0 aliphatic carbocycles. The Morgan fingerprint density at radius 3 is 1.90 bits per heavy atom. The van der Waals surface area contributed by atoms with Crippen LogP contribution in [0.15, 0.2) is 84.6 Å². The van der Waals surface area contributed by atoms with Crippen LogP contribution in [0.5, 0.6) is 0 Å². The van der Waals surface area contributed by atoms with Gasteiger partial charge in [-0.15, -0.1) is 0 Å². The molecule has 0 saturated heterocycles. The second-order valence-electron chi connectivity index (χ2n) is 9.88. The average Bonchev–Trinajstić information content (AvgIpc) is 3.27. The summed E-state index contributed by atoms with van der Waals surface area (Å²) < 4.78 is 98.3. The predicted molar refractivity (Wildman–Crippen MR) is 179 cm³/mol.